The van der Waals surface area contributed by atoms with E-state index in [1.165, 1.54) is 0 Å². The molecule has 1 rings (SSSR count). The number of allylic oxidation sites excluding steroid dienone is 1. The van der Waals surface area contributed by atoms with Crippen molar-refractivity contribution in [1.82, 2.24) is 0 Å². The standard InChI is InChI=1S/C5H7NS/c1-2-4-7-5-6-3-1/h1-3H,4-5H2. The number of hydrogen-bond acceptors (Lipinski definition) is 2. The molecule has 1 aliphatic rings. The van der Waals surface area contributed by atoms with Crippen molar-refractivity contribution in [1.29, 1.82) is 0 Å². The molecular formula is C5H7NS. The average molecular weight is 113 g/mol. The second-order valence-electron chi connectivity index (χ2n) is 1.26. The van der Waals surface area contributed by atoms with E-state index in [2.05, 4.69) is 11.1 Å². The molecule has 0 bridgehead atoms. The highest BCUT2D eigenvalue weighted by Gasteiger charge is 1.81. The Morgan fingerprint density at radius 1 is 1.57 bits per heavy atom. The lowest BCUT2D eigenvalue weighted by molar-refractivity contribution is 1.41. The number of hydrogen-bond donors (Lipinski definition) is 0. The minimum absolute atomic E-state index is 0.924. The summed E-state index contributed by atoms with van der Waals surface area (Å²) in [6.07, 6.45) is 5.95. The van der Waals surface area contributed by atoms with E-state index in [0.717, 1.165) is 11.6 Å². The van der Waals surface area contributed by atoms with Crippen LogP contribution in [0.15, 0.2) is 17.1 Å². The molecule has 0 saturated heterocycles. The molecule has 2 heteroatoms. The molecule has 1 nitrogen and oxygen atoms in total. The lowest BCUT2D eigenvalue weighted by atomic mass is 10.6. The van der Waals surface area contributed by atoms with Crippen LogP contribution >= 0.6 is 11.8 Å². The molecule has 0 fully saturated rings. The number of nitrogens with zero attached hydrogens (tertiary/aromatic N) is 1. The van der Waals surface area contributed by atoms with Crippen molar-refractivity contribution >= 4 is 18.0 Å². The summed E-state index contributed by atoms with van der Waals surface area (Å²) in [7, 11) is 0. The predicted octanol–water partition coefficient (Wildman–Crippen LogP) is 1.32. The normalized spacial score (nSPS) is 19.4. The highest BCUT2D eigenvalue weighted by molar-refractivity contribution is 7.99. The molecule has 7 heavy (non-hydrogen) atoms. The first-order valence-corrected chi connectivity index (χ1v) is 3.38. The average Bonchev–Trinajstić information content (AvgIpc) is 1.90. The first-order valence-electron chi connectivity index (χ1n) is 2.23. The van der Waals surface area contributed by atoms with Crippen molar-refractivity contribution in [3.63, 3.8) is 0 Å². The third-order valence-corrected chi connectivity index (χ3v) is 1.47. The van der Waals surface area contributed by atoms with E-state index in [9.17, 15) is 0 Å². The van der Waals surface area contributed by atoms with E-state index in [1.54, 1.807) is 0 Å². The maximum absolute atomic E-state index is 4.02. The molecule has 0 unspecified atom stereocenters. The van der Waals surface area contributed by atoms with E-state index in [-0.39, 0.29) is 0 Å². The Morgan fingerprint density at radius 3 is 3.57 bits per heavy atom. The fourth-order valence-electron chi connectivity index (χ4n) is 0.394. The summed E-state index contributed by atoms with van der Waals surface area (Å²) in [5.74, 6) is 2.03. The van der Waals surface area contributed by atoms with Gasteiger partial charge in [0.2, 0.25) is 0 Å². The smallest absolute Gasteiger partial charge is 0.0846 e. The van der Waals surface area contributed by atoms with Crippen LogP contribution in [-0.2, 0) is 0 Å². The summed E-state index contributed by atoms with van der Waals surface area (Å²) >= 11 is 1.83. The lowest BCUT2D eigenvalue weighted by Gasteiger charge is -1.82. The largest absolute Gasteiger partial charge is 0.282 e. The van der Waals surface area contributed by atoms with Gasteiger partial charge in [-0.15, -0.1) is 11.8 Å². The molecule has 0 aromatic carbocycles. The monoisotopic (exact) mass is 113 g/mol. The van der Waals surface area contributed by atoms with E-state index in [4.69, 9.17) is 0 Å². The molecule has 0 radical (unpaired) electrons. The Kier molecular flexibility index (Phi) is 2.00. The predicted molar refractivity (Wildman–Crippen MR) is 35.0 cm³/mol. The van der Waals surface area contributed by atoms with Crippen molar-refractivity contribution in [2.75, 3.05) is 11.6 Å². The van der Waals surface area contributed by atoms with Gasteiger partial charge in [0.05, 0.1) is 5.88 Å². The molecule has 0 spiro atoms. The zero-order valence-electron chi connectivity index (χ0n) is 4.00. The second-order valence-corrected chi connectivity index (χ2v) is 2.26. The van der Waals surface area contributed by atoms with Crippen LogP contribution in [0.5, 0.6) is 0 Å². The van der Waals surface area contributed by atoms with Gasteiger partial charge in [0.1, 0.15) is 0 Å². The van der Waals surface area contributed by atoms with Gasteiger partial charge in [0, 0.05) is 12.0 Å². The van der Waals surface area contributed by atoms with Gasteiger partial charge in [0.15, 0.2) is 0 Å². The molecule has 0 saturated carbocycles. The molecule has 0 aromatic heterocycles. The van der Waals surface area contributed by atoms with Crippen LogP contribution in [0.3, 0.4) is 0 Å². The molecule has 0 aliphatic carbocycles. The highest BCUT2D eigenvalue weighted by Crippen LogP contribution is 2.01. The fraction of sp³-hybridized carbons (Fsp3) is 0.400. The third kappa shape index (κ3) is 1.78. The van der Waals surface area contributed by atoms with E-state index >= 15 is 0 Å². The summed E-state index contributed by atoms with van der Waals surface area (Å²) in [5.41, 5.74) is 0. The first kappa shape index (κ1) is 4.91. The van der Waals surface area contributed by atoms with Crippen LogP contribution in [-0.4, -0.2) is 17.8 Å². The van der Waals surface area contributed by atoms with Crippen LogP contribution in [0.1, 0.15) is 0 Å². The lowest BCUT2D eigenvalue weighted by Crippen LogP contribution is -1.67. The first-order chi connectivity index (χ1) is 3.50. The number of aliphatic imine (C=N–C) groups is 1. The Balaban J connectivity index is 2.39. The molecular weight excluding hydrogens is 106 g/mol. The van der Waals surface area contributed by atoms with Crippen LogP contribution in [0.25, 0.3) is 0 Å². The zero-order chi connectivity index (χ0) is 4.95. The second kappa shape index (κ2) is 2.86. The van der Waals surface area contributed by atoms with Gasteiger partial charge < -0.3 is 0 Å². The van der Waals surface area contributed by atoms with Crippen molar-refractivity contribution in [2.24, 2.45) is 4.99 Å². The summed E-state index contributed by atoms with van der Waals surface area (Å²) in [6.45, 7) is 0. The molecule has 38 valence electrons. The van der Waals surface area contributed by atoms with E-state index in [0.29, 0.717) is 0 Å². The van der Waals surface area contributed by atoms with E-state index < -0.39 is 0 Å². The van der Waals surface area contributed by atoms with Crippen LogP contribution < -0.4 is 0 Å². The van der Waals surface area contributed by atoms with Gasteiger partial charge in [-0.05, 0) is 6.08 Å². The molecule has 1 aliphatic heterocycles. The van der Waals surface area contributed by atoms with Gasteiger partial charge >= 0.3 is 0 Å². The molecule has 0 aromatic rings. The van der Waals surface area contributed by atoms with E-state index in [1.807, 2.05) is 24.1 Å². The van der Waals surface area contributed by atoms with Gasteiger partial charge in [-0.3, -0.25) is 4.99 Å². The molecule has 0 atom stereocenters. The van der Waals surface area contributed by atoms with Crippen molar-refractivity contribution in [2.45, 2.75) is 0 Å². The Labute approximate surface area is 47.5 Å². The molecule has 0 amide bonds. The Hall–Kier alpha value is -0.240. The summed E-state index contributed by atoms with van der Waals surface area (Å²) in [6, 6.07) is 0. The summed E-state index contributed by atoms with van der Waals surface area (Å²) in [5, 5.41) is 0. The SMILES string of the molecule is C1=CCSCN=C1. The number of rotatable bonds is 0. The van der Waals surface area contributed by atoms with Crippen molar-refractivity contribution in [3.05, 3.63) is 12.2 Å². The van der Waals surface area contributed by atoms with Crippen LogP contribution in [0.4, 0.5) is 0 Å². The van der Waals surface area contributed by atoms with Crippen LogP contribution in [0.2, 0.25) is 0 Å². The van der Waals surface area contributed by atoms with Gasteiger partial charge in [0.25, 0.3) is 0 Å². The van der Waals surface area contributed by atoms with Crippen LogP contribution in [0, 0.1) is 0 Å². The van der Waals surface area contributed by atoms with Gasteiger partial charge in [-0.1, -0.05) is 6.08 Å². The van der Waals surface area contributed by atoms with Crippen molar-refractivity contribution in [3.8, 4) is 0 Å². The minimum atomic E-state index is 0.924. The maximum Gasteiger partial charge on any atom is 0.0846 e. The number of thioether (sulfide) groups is 1. The topological polar surface area (TPSA) is 12.4 Å². The third-order valence-electron chi connectivity index (χ3n) is 0.707. The highest BCUT2D eigenvalue weighted by atomic mass is 32.2. The van der Waals surface area contributed by atoms with Gasteiger partial charge in [-0.25, -0.2) is 0 Å². The molecule has 0 N–H and O–H groups in total. The Morgan fingerprint density at radius 2 is 2.57 bits per heavy atom. The Bertz CT molecular complexity index is 84.3. The van der Waals surface area contributed by atoms with Gasteiger partial charge in [-0.2, -0.15) is 0 Å². The maximum atomic E-state index is 4.02. The summed E-state index contributed by atoms with van der Waals surface area (Å²) in [4.78, 5) is 4.02. The fourth-order valence-corrected chi connectivity index (χ4v) is 0.938. The minimum Gasteiger partial charge on any atom is -0.282 e. The summed E-state index contributed by atoms with van der Waals surface area (Å²) < 4.78 is 0. The quantitative estimate of drug-likeness (QED) is 0.461. The van der Waals surface area contributed by atoms with Crippen molar-refractivity contribution < 1.29 is 0 Å². The molecule has 1 heterocycles. The zero-order valence-corrected chi connectivity index (χ0v) is 4.82.